The van der Waals surface area contributed by atoms with Gasteiger partial charge >= 0.3 is 0 Å². The Morgan fingerprint density at radius 1 is 0.865 bits per heavy atom. The topological polar surface area (TPSA) is 78.5 Å². The van der Waals surface area contributed by atoms with E-state index in [4.69, 9.17) is 0 Å². The molecule has 3 aromatic rings. The maximum atomic E-state index is 13.2. The van der Waals surface area contributed by atoms with Gasteiger partial charge < -0.3 is 10.2 Å². The zero-order valence-corrected chi connectivity index (χ0v) is 23.5. The van der Waals surface area contributed by atoms with Gasteiger partial charge in [-0.2, -0.15) is 0 Å². The molecule has 0 bridgehead atoms. The molecule has 0 aromatic heterocycles. The molecule has 198 valence electrons. The molecule has 0 spiro atoms. The van der Waals surface area contributed by atoms with Gasteiger partial charge in [-0.3, -0.25) is 9.52 Å². The predicted molar refractivity (Wildman–Crippen MR) is 156 cm³/mol. The van der Waals surface area contributed by atoms with Crippen LogP contribution in [-0.4, -0.2) is 33.7 Å². The molecule has 0 radical (unpaired) electrons. The average molecular weight is 522 g/mol. The highest BCUT2D eigenvalue weighted by Crippen LogP contribution is 2.36. The highest BCUT2D eigenvalue weighted by atomic mass is 32.2. The minimum Gasteiger partial charge on any atom is -0.369 e. The number of hydrogen-bond acceptors (Lipinski definition) is 4. The molecule has 7 heteroatoms. The van der Waals surface area contributed by atoms with Crippen LogP contribution in [0.15, 0.2) is 66.7 Å². The molecule has 37 heavy (non-hydrogen) atoms. The van der Waals surface area contributed by atoms with Crippen LogP contribution in [0.4, 0.5) is 17.1 Å². The van der Waals surface area contributed by atoms with E-state index < -0.39 is 10.0 Å². The van der Waals surface area contributed by atoms with Crippen LogP contribution in [0, 0.1) is 18.8 Å². The number of sulfonamides is 1. The van der Waals surface area contributed by atoms with E-state index in [1.54, 1.807) is 12.1 Å². The highest BCUT2D eigenvalue weighted by Gasteiger charge is 2.18. The Labute approximate surface area is 222 Å². The Hall–Kier alpha value is -3.32. The second-order valence-electron chi connectivity index (χ2n) is 10.6. The van der Waals surface area contributed by atoms with E-state index >= 15 is 0 Å². The SMILES string of the molecule is Cc1ccc(CC(=O)Nc2cc(-c3ccccc3NS(C)(=O)=O)ccc2N(CC(C)C)CC(C)C)cc1. The molecule has 0 aliphatic heterocycles. The number of anilines is 3. The third-order valence-electron chi connectivity index (χ3n) is 5.80. The van der Waals surface area contributed by atoms with Gasteiger partial charge in [-0.15, -0.1) is 0 Å². The van der Waals surface area contributed by atoms with Crippen molar-refractivity contribution in [3.05, 3.63) is 77.9 Å². The number of amides is 1. The van der Waals surface area contributed by atoms with E-state index in [0.29, 0.717) is 23.2 Å². The summed E-state index contributed by atoms with van der Waals surface area (Å²) in [5, 5.41) is 3.16. The van der Waals surface area contributed by atoms with Gasteiger partial charge in [0.1, 0.15) is 0 Å². The van der Waals surface area contributed by atoms with Crippen molar-refractivity contribution in [1.29, 1.82) is 0 Å². The minimum atomic E-state index is -3.45. The van der Waals surface area contributed by atoms with Crippen LogP contribution < -0.4 is 14.9 Å². The third kappa shape index (κ3) is 8.64. The number of benzene rings is 3. The Morgan fingerprint density at radius 2 is 1.49 bits per heavy atom. The number of nitrogens with zero attached hydrogens (tertiary/aromatic N) is 1. The maximum absolute atomic E-state index is 13.2. The molecular weight excluding hydrogens is 482 g/mol. The number of hydrogen-bond donors (Lipinski definition) is 2. The molecule has 0 unspecified atom stereocenters. The standard InChI is InChI=1S/C30H39N3O3S/c1-21(2)19-33(20-22(3)4)29-16-15-25(26-9-7-8-10-27(26)32-37(6,35)36)18-28(29)31-30(34)17-24-13-11-23(5)12-14-24/h7-16,18,21-22,32H,17,19-20H2,1-6H3,(H,31,34). The summed E-state index contributed by atoms with van der Waals surface area (Å²) in [4.78, 5) is 15.5. The number of carbonyl (C=O) groups is 1. The van der Waals surface area contributed by atoms with Gasteiger partial charge in [0, 0.05) is 18.7 Å². The smallest absolute Gasteiger partial charge is 0.229 e. The Bertz CT molecular complexity index is 1310. The predicted octanol–water partition coefficient (Wildman–Crippen LogP) is 6.33. The molecule has 0 fully saturated rings. The molecule has 6 nitrogen and oxygen atoms in total. The number of carbonyl (C=O) groups excluding carboxylic acids is 1. The molecule has 0 atom stereocenters. The molecule has 3 rings (SSSR count). The molecule has 0 saturated carbocycles. The normalized spacial score (nSPS) is 11.6. The first-order chi connectivity index (χ1) is 17.4. The fourth-order valence-electron chi connectivity index (χ4n) is 4.34. The number of aryl methyl sites for hydroxylation is 1. The van der Waals surface area contributed by atoms with E-state index in [1.165, 1.54) is 0 Å². The molecular formula is C30H39N3O3S. The summed E-state index contributed by atoms with van der Waals surface area (Å²) in [5.74, 6) is 0.780. The summed E-state index contributed by atoms with van der Waals surface area (Å²) < 4.78 is 26.5. The number of para-hydroxylation sites is 1. The summed E-state index contributed by atoms with van der Waals surface area (Å²) in [5.41, 5.74) is 5.82. The molecule has 0 saturated heterocycles. The summed E-state index contributed by atoms with van der Waals surface area (Å²) in [6.07, 6.45) is 1.41. The van der Waals surface area contributed by atoms with Crippen molar-refractivity contribution in [2.24, 2.45) is 11.8 Å². The highest BCUT2D eigenvalue weighted by molar-refractivity contribution is 7.92. The minimum absolute atomic E-state index is 0.0983. The number of rotatable bonds is 11. The lowest BCUT2D eigenvalue weighted by Crippen LogP contribution is -2.32. The van der Waals surface area contributed by atoms with Crippen LogP contribution in [0.3, 0.4) is 0 Å². The zero-order valence-electron chi connectivity index (χ0n) is 22.7. The fraction of sp³-hybridized carbons (Fsp3) is 0.367. The van der Waals surface area contributed by atoms with Gasteiger partial charge in [0.05, 0.1) is 29.7 Å². The van der Waals surface area contributed by atoms with Gasteiger partial charge in [-0.05, 0) is 48.1 Å². The molecule has 2 N–H and O–H groups in total. The van der Waals surface area contributed by atoms with E-state index in [0.717, 1.165) is 47.3 Å². The van der Waals surface area contributed by atoms with Crippen LogP contribution in [0.5, 0.6) is 0 Å². The first-order valence-corrected chi connectivity index (χ1v) is 14.6. The van der Waals surface area contributed by atoms with E-state index in [1.807, 2.05) is 61.5 Å². The zero-order chi connectivity index (χ0) is 27.2. The van der Waals surface area contributed by atoms with Gasteiger partial charge in [0.15, 0.2) is 0 Å². The Kier molecular flexibility index (Phi) is 9.38. The molecule has 0 aliphatic rings. The third-order valence-corrected chi connectivity index (χ3v) is 6.39. The van der Waals surface area contributed by atoms with E-state index in [2.05, 4.69) is 42.6 Å². The van der Waals surface area contributed by atoms with Crippen LogP contribution in [0.1, 0.15) is 38.8 Å². The van der Waals surface area contributed by atoms with Gasteiger partial charge in [-0.1, -0.05) is 81.8 Å². The van der Waals surface area contributed by atoms with Crippen molar-refractivity contribution in [2.75, 3.05) is 34.3 Å². The first kappa shape index (κ1) is 28.3. The second kappa shape index (κ2) is 12.3. The maximum Gasteiger partial charge on any atom is 0.229 e. The Morgan fingerprint density at radius 3 is 2.08 bits per heavy atom. The monoisotopic (exact) mass is 521 g/mol. The first-order valence-electron chi connectivity index (χ1n) is 12.7. The van der Waals surface area contributed by atoms with Crippen molar-refractivity contribution in [3.63, 3.8) is 0 Å². The molecule has 1 amide bonds. The summed E-state index contributed by atoms with van der Waals surface area (Å²) >= 11 is 0. The van der Waals surface area contributed by atoms with Crippen LogP contribution in [0.2, 0.25) is 0 Å². The molecule has 3 aromatic carbocycles. The lowest BCUT2D eigenvalue weighted by molar-refractivity contribution is -0.115. The van der Waals surface area contributed by atoms with E-state index in [9.17, 15) is 13.2 Å². The van der Waals surface area contributed by atoms with E-state index in [-0.39, 0.29) is 12.3 Å². The van der Waals surface area contributed by atoms with Crippen molar-refractivity contribution in [2.45, 2.75) is 41.0 Å². The van der Waals surface area contributed by atoms with Gasteiger partial charge in [0.25, 0.3) is 0 Å². The average Bonchev–Trinajstić information content (AvgIpc) is 2.79. The lowest BCUT2D eigenvalue weighted by Gasteiger charge is -2.31. The van der Waals surface area contributed by atoms with Crippen molar-refractivity contribution in [3.8, 4) is 11.1 Å². The number of nitrogens with one attached hydrogen (secondary N) is 2. The molecule has 0 heterocycles. The van der Waals surface area contributed by atoms with Crippen LogP contribution in [0.25, 0.3) is 11.1 Å². The summed E-state index contributed by atoms with van der Waals surface area (Å²) in [6, 6.07) is 21.2. The van der Waals surface area contributed by atoms with Crippen LogP contribution >= 0.6 is 0 Å². The second-order valence-corrected chi connectivity index (χ2v) is 12.3. The van der Waals surface area contributed by atoms with Crippen LogP contribution in [-0.2, 0) is 21.2 Å². The quantitative estimate of drug-likeness (QED) is 0.309. The Balaban J connectivity index is 2.04. The fourth-order valence-corrected chi connectivity index (χ4v) is 4.92. The molecule has 0 aliphatic carbocycles. The van der Waals surface area contributed by atoms with Crippen molar-refractivity contribution < 1.29 is 13.2 Å². The van der Waals surface area contributed by atoms with Gasteiger partial charge in [0.2, 0.25) is 15.9 Å². The van der Waals surface area contributed by atoms with Crippen molar-refractivity contribution >= 4 is 33.0 Å². The van der Waals surface area contributed by atoms with Gasteiger partial charge in [-0.25, -0.2) is 8.42 Å². The lowest BCUT2D eigenvalue weighted by atomic mass is 10.0. The van der Waals surface area contributed by atoms with Crippen molar-refractivity contribution in [1.82, 2.24) is 0 Å². The summed E-state index contributed by atoms with van der Waals surface area (Å²) in [6.45, 7) is 12.5. The summed E-state index contributed by atoms with van der Waals surface area (Å²) in [7, 11) is -3.45. The largest absolute Gasteiger partial charge is 0.369 e.